The first-order chi connectivity index (χ1) is 11.7. The van der Waals surface area contributed by atoms with Crippen molar-refractivity contribution in [3.8, 4) is 0 Å². The Kier molecular flexibility index (Phi) is 5.94. The van der Waals surface area contributed by atoms with Gasteiger partial charge < -0.3 is 9.73 Å². The topological polar surface area (TPSA) is 102 Å². The number of rotatable bonds is 7. The van der Waals surface area contributed by atoms with E-state index in [1.807, 2.05) is 30.3 Å². The van der Waals surface area contributed by atoms with Crippen molar-refractivity contribution >= 4 is 15.7 Å². The van der Waals surface area contributed by atoms with Crippen LogP contribution in [0.2, 0.25) is 0 Å². The van der Waals surface area contributed by atoms with Gasteiger partial charge in [-0.1, -0.05) is 49.3 Å². The van der Waals surface area contributed by atoms with Crippen molar-refractivity contribution in [2.24, 2.45) is 5.92 Å². The predicted octanol–water partition coefficient (Wildman–Crippen LogP) is 2.31. The zero-order valence-corrected chi connectivity index (χ0v) is 15.6. The summed E-state index contributed by atoms with van der Waals surface area (Å²) in [5.74, 6) is -0.315. The van der Waals surface area contributed by atoms with Crippen LogP contribution in [0.5, 0.6) is 0 Å². The van der Waals surface area contributed by atoms with Gasteiger partial charge in [0, 0.05) is 12.3 Å². The Morgan fingerprint density at radius 1 is 1.12 bits per heavy atom. The minimum absolute atomic E-state index is 0.0806. The summed E-state index contributed by atoms with van der Waals surface area (Å²) in [6.45, 7) is 6.64. The highest BCUT2D eigenvalue weighted by molar-refractivity contribution is 7.91. The molecule has 2 aromatic rings. The summed E-state index contributed by atoms with van der Waals surface area (Å²) in [6, 6.07) is 8.90. The molecule has 1 aromatic carbocycles. The van der Waals surface area contributed by atoms with Crippen LogP contribution in [0.3, 0.4) is 0 Å². The normalized spacial score (nSPS) is 13.2. The third-order valence-corrected chi connectivity index (χ3v) is 5.60. The zero-order chi connectivity index (χ0) is 18.6. The first-order valence-electron chi connectivity index (χ1n) is 8.13. The molecule has 0 fully saturated rings. The van der Waals surface area contributed by atoms with Gasteiger partial charge in [-0.3, -0.25) is 4.79 Å². The third kappa shape index (κ3) is 4.66. The maximum absolute atomic E-state index is 12.2. The summed E-state index contributed by atoms with van der Waals surface area (Å²) >= 11 is 0. The van der Waals surface area contributed by atoms with Crippen LogP contribution in [0.15, 0.2) is 40.0 Å². The molecule has 0 aliphatic heterocycles. The maximum atomic E-state index is 12.2. The van der Waals surface area contributed by atoms with Crippen LogP contribution in [0, 0.1) is 5.92 Å². The van der Waals surface area contributed by atoms with Gasteiger partial charge in [-0.15, -0.1) is 5.10 Å². The van der Waals surface area contributed by atoms with Crippen molar-refractivity contribution in [2.75, 3.05) is 0 Å². The second-order valence-corrected chi connectivity index (χ2v) is 8.79. The van der Waals surface area contributed by atoms with Crippen LogP contribution in [0.1, 0.15) is 45.2 Å². The Hall–Kier alpha value is -2.22. The Balaban J connectivity index is 2.32. The van der Waals surface area contributed by atoms with E-state index in [4.69, 9.17) is 4.42 Å². The second kappa shape index (κ2) is 7.77. The summed E-state index contributed by atoms with van der Waals surface area (Å²) in [4.78, 5) is 12.1. The number of sulfone groups is 1. The third-order valence-electron chi connectivity index (χ3n) is 3.71. The lowest BCUT2D eigenvalue weighted by atomic mass is 10.0. The molecule has 0 aliphatic rings. The minimum atomic E-state index is -3.66. The number of hydrogen-bond donors (Lipinski definition) is 1. The highest BCUT2D eigenvalue weighted by Crippen LogP contribution is 2.21. The molecule has 8 heteroatoms. The molecule has 1 aromatic heterocycles. The van der Waals surface area contributed by atoms with Crippen LogP contribution >= 0.6 is 0 Å². The van der Waals surface area contributed by atoms with Crippen molar-refractivity contribution < 1.29 is 17.6 Å². The molecule has 0 saturated carbocycles. The van der Waals surface area contributed by atoms with Crippen molar-refractivity contribution in [3.05, 3.63) is 41.8 Å². The zero-order valence-electron chi connectivity index (χ0n) is 14.8. The fourth-order valence-electron chi connectivity index (χ4n) is 2.07. The summed E-state index contributed by atoms with van der Waals surface area (Å²) in [5.41, 5.74) is 0.961. The monoisotopic (exact) mass is 365 g/mol. The van der Waals surface area contributed by atoms with Gasteiger partial charge >= 0.3 is 5.22 Å². The fraction of sp³-hybridized carbons (Fsp3) is 0.471. The van der Waals surface area contributed by atoms with E-state index in [0.717, 1.165) is 5.56 Å². The highest BCUT2D eigenvalue weighted by Gasteiger charge is 2.29. The van der Waals surface area contributed by atoms with E-state index in [2.05, 4.69) is 15.5 Å². The van der Waals surface area contributed by atoms with E-state index in [1.54, 1.807) is 27.7 Å². The molecule has 136 valence electrons. The lowest BCUT2D eigenvalue weighted by Gasteiger charge is -2.17. The summed E-state index contributed by atoms with van der Waals surface area (Å²) < 4.78 is 29.7. The molecule has 0 aliphatic carbocycles. The van der Waals surface area contributed by atoms with Gasteiger partial charge in [0.05, 0.1) is 5.25 Å². The maximum Gasteiger partial charge on any atom is 0.335 e. The number of aromatic nitrogens is 2. The number of nitrogens with zero attached hydrogens (tertiary/aromatic N) is 2. The molecule has 7 nitrogen and oxygen atoms in total. The number of carbonyl (C=O) groups excluding carboxylic acids is 1. The molecular formula is C17H23N3O4S. The van der Waals surface area contributed by atoms with Gasteiger partial charge in [0.15, 0.2) is 0 Å². The molecular weight excluding hydrogens is 342 g/mol. The van der Waals surface area contributed by atoms with Gasteiger partial charge in [-0.05, 0) is 19.4 Å². The Labute approximate surface area is 147 Å². The Morgan fingerprint density at radius 2 is 1.76 bits per heavy atom. The van der Waals surface area contributed by atoms with Crippen molar-refractivity contribution in [2.45, 2.75) is 50.6 Å². The summed E-state index contributed by atoms with van der Waals surface area (Å²) in [7, 11) is -3.66. The number of amides is 1. The molecule has 0 unspecified atom stereocenters. The lowest BCUT2D eigenvalue weighted by Crippen LogP contribution is -2.33. The predicted molar refractivity (Wildman–Crippen MR) is 92.5 cm³/mol. The first kappa shape index (κ1) is 19.1. The average molecular weight is 365 g/mol. The molecule has 1 heterocycles. The number of nitrogens with one attached hydrogen (secondary N) is 1. The quantitative estimate of drug-likeness (QED) is 0.808. The Bertz CT molecular complexity index is 813. The van der Waals surface area contributed by atoms with E-state index >= 15 is 0 Å². The second-order valence-electron chi connectivity index (χ2n) is 6.41. The van der Waals surface area contributed by atoms with E-state index in [-0.39, 0.29) is 17.7 Å². The number of benzene rings is 1. The molecule has 0 bridgehead atoms. The van der Waals surface area contributed by atoms with Crippen molar-refractivity contribution in [3.63, 3.8) is 0 Å². The fourth-order valence-corrected chi connectivity index (χ4v) is 2.83. The van der Waals surface area contributed by atoms with E-state index in [1.165, 1.54) is 0 Å². The van der Waals surface area contributed by atoms with E-state index in [0.29, 0.717) is 6.42 Å². The molecule has 2 rings (SSSR count). The largest absolute Gasteiger partial charge is 0.410 e. The molecule has 1 amide bonds. The molecule has 1 N–H and O–H groups in total. The first-order valence-corrected chi connectivity index (χ1v) is 9.68. The molecule has 1 atom stereocenters. The lowest BCUT2D eigenvalue weighted by molar-refractivity contribution is -0.124. The van der Waals surface area contributed by atoms with Crippen molar-refractivity contribution in [1.29, 1.82) is 0 Å². The van der Waals surface area contributed by atoms with Gasteiger partial charge in [-0.25, -0.2) is 8.42 Å². The van der Waals surface area contributed by atoms with Crippen LogP contribution in [0.25, 0.3) is 0 Å². The van der Waals surface area contributed by atoms with Crippen LogP contribution in [-0.2, 0) is 21.1 Å². The molecule has 0 spiro atoms. The molecule has 25 heavy (non-hydrogen) atoms. The standard InChI is InChI=1S/C17H23N3O4S/c1-11(2)15(21)18-14(10-13-8-6-5-7-9-13)16-19-20-17(24-16)25(22,23)12(3)4/h5-9,11-12,14H,10H2,1-4H3,(H,18,21)/t14-/m0/s1. The van der Waals surface area contributed by atoms with E-state index < -0.39 is 26.4 Å². The van der Waals surface area contributed by atoms with E-state index in [9.17, 15) is 13.2 Å². The van der Waals surface area contributed by atoms with Gasteiger partial charge in [0.25, 0.3) is 0 Å². The summed E-state index contributed by atoms with van der Waals surface area (Å²) in [5, 5.41) is 9.29. The van der Waals surface area contributed by atoms with Gasteiger partial charge in [0.2, 0.25) is 21.6 Å². The Morgan fingerprint density at radius 3 is 2.32 bits per heavy atom. The average Bonchev–Trinajstić information content (AvgIpc) is 3.05. The van der Waals surface area contributed by atoms with Crippen LogP contribution in [0.4, 0.5) is 0 Å². The van der Waals surface area contributed by atoms with Gasteiger partial charge in [-0.2, -0.15) is 0 Å². The highest BCUT2D eigenvalue weighted by atomic mass is 32.2. The smallest absolute Gasteiger partial charge is 0.335 e. The molecule has 0 saturated heterocycles. The summed E-state index contributed by atoms with van der Waals surface area (Å²) in [6.07, 6.45) is 0.419. The minimum Gasteiger partial charge on any atom is -0.410 e. The van der Waals surface area contributed by atoms with Crippen LogP contribution < -0.4 is 5.32 Å². The number of carbonyl (C=O) groups is 1. The van der Waals surface area contributed by atoms with Crippen LogP contribution in [-0.4, -0.2) is 29.8 Å². The van der Waals surface area contributed by atoms with Crippen molar-refractivity contribution in [1.82, 2.24) is 15.5 Å². The molecule has 0 radical (unpaired) electrons. The van der Waals surface area contributed by atoms with Gasteiger partial charge in [0.1, 0.15) is 6.04 Å². The number of hydrogen-bond acceptors (Lipinski definition) is 6. The SMILES string of the molecule is CC(C)C(=O)N[C@@H](Cc1ccccc1)c1nnc(S(=O)(=O)C(C)C)o1.